The third kappa shape index (κ3) is 5.56. The molecule has 1 aromatic rings. The largest absolute Gasteiger partial charge is 0.353 e. The highest BCUT2D eigenvalue weighted by Gasteiger charge is 2.28. The van der Waals surface area contributed by atoms with E-state index in [9.17, 15) is 14.4 Å². The molecule has 1 N–H and O–H groups in total. The summed E-state index contributed by atoms with van der Waals surface area (Å²) < 4.78 is 0.896. The molecule has 8 heteroatoms. The van der Waals surface area contributed by atoms with Crippen LogP contribution in [0, 0.1) is 5.92 Å². The van der Waals surface area contributed by atoms with Crippen molar-refractivity contribution in [2.45, 2.75) is 51.0 Å². The summed E-state index contributed by atoms with van der Waals surface area (Å²) in [4.78, 5) is 41.3. The summed E-state index contributed by atoms with van der Waals surface area (Å²) in [6, 6.07) is 3.75. The summed E-state index contributed by atoms with van der Waals surface area (Å²) in [5.74, 6) is 0.185. The average molecular weight is 470 g/mol. The molecule has 2 aliphatic rings. The van der Waals surface area contributed by atoms with Crippen LogP contribution in [0.15, 0.2) is 15.9 Å². The van der Waals surface area contributed by atoms with E-state index >= 15 is 0 Å². The molecule has 1 aromatic heterocycles. The Morgan fingerprint density at radius 3 is 2.43 bits per heavy atom. The molecule has 0 aromatic carbocycles. The Bertz CT molecular complexity index is 709. The summed E-state index contributed by atoms with van der Waals surface area (Å²) in [6.07, 6.45) is 7.11. The topological polar surface area (TPSA) is 69.7 Å². The smallest absolute Gasteiger partial charge is 0.264 e. The van der Waals surface area contributed by atoms with Crippen LogP contribution >= 0.6 is 27.3 Å². The molecule has 3 rings (SSSR count). The number of nitrogens with one attached hydrogen (secondary N) is 1. The van der Waals surface area contributed by atoms with Gasteiger partial charge < -0.3 is 15.1 Å². The Morgan fingerprint density at radius 2 is 1.82 bits per heavy atom. The lowest BCUT2D eigenvalue weighted by molar-refractivity contribution is -0.133. The Labute approximate surface area is 178 Å². The van der Waals surface area contributed by atoms with Crippen molar-refractivity contribution in [3.63, 3.8) is 0 Å². The van der Waals surface area contributed by atoms with E-state index in [0.29, 0.717) is 18.0 Å². The molecule has 0 bridgehead atoms. The van der Waals surface area contributed by atoms with Gasteiger partial charge in [-0.2, -0.15) is 0 Å². The van der Waals surface area contributed by atoms with E-state index < -0.39 is 0 Å². The molecule has 0 unspecified atom stereocenters. The Kier molecular flexibility index (Phi) is 7.51. The molecular formula is C20H28BrN3O3S. The summed E-state index contributed by atoms with van der Waals surface area (Å²) in [6.45, 7) is 1.33. The van der Waals surface area contributed by atoms with Gasteiger partial charge in [0, 0.05) is 32.1 Å². The van der Waals surface area contributed by atoms with E-state index in [-0.39, 0.29) is 36.2 Å². The second-order valence-corrected chi connectivity index (χ2v) is 10.2. The molecule has 0 spiro atoms. The highest BCUT2D eigenvalue weighted by Crippen LogP contribution is 2.25. The van der Waals surface area contributed by atoms with Crippen LogP contribution in [0.25, 0.3) is 0 Å². The van der Waals surface area contributed by atoms with Gasteiger partial charge in [0.25, 0.3) is 5.91 Å². The van der Waals surface area contributed by atoms with Gasteiger partial charge in [0.2, 0.25) is 11.8 Å². The maximum absolute atomic E-state index is 12.6. The van der Waals surface area contributed by atoms with Crippen molar-refractivity contribution < 1.29 is 14.4 Å². The zero-order valence-corrected chi connectivity index (χ0v) is 18.7. The van der Waals surface area contributed by atoms with Crippen LogP contribution in [0.5, 0.6) is 0 Å². The van der Waals surface area contributed by atoms with E-state index in [2.05, 4.69) is 21.2 Å². The zero-order chi connectivity index (χ0) is 20.1. The average Bonchev–Trinajstić information content (AvgIpc) is 3.14. The number of carbonyl (C=O) groups is 3. The standard InChI is InChI=1S/C20H28BrN3O3S/c1-23(20(27)16-7-8-17(21)28-16)13-18(25)24-11-9-15(10-12-24)22-19(26)14-5-3-2-4-6-14/h7-8,14-15H,2-6,9-13H2,1H3,(H,22,26). The molecule has 1 aliphatic heterocycles. The van der Waals surface area contributed by atoms with Crippen molar-refractivity contribution >= 4 is 45.0 Å². The Balaban J connectivity index is 1.42. The first-order valence-electron chi connectivity index (χ1n) is 10.0. The predicted octanol–water partition coefficient (Wildman–Crippen LogP) is 3.27. The van der Waals surface area contributed by atoms with Gasteiger partial charge >= 0.3 is 0 Å². The van der Waals surface area contributed by atoms with Crippen LogP contribution in [0.2, 0.25) is 0 Å². The third-order valence-corrected chi connectivity index (χ3v) is 7.28. The van der Waals surface area contributed by atoms with Crippen molar-refractivity contribution in [3.8, 4) is 0 Å². The summed E-state index contributed by atoms with van der Waals surface area (Å²) in [5, 5.41) is 3.19. The maximum Gasteiger partial charge on any atom is 0.264 e. The minimum absolute atomic E-state index is 0.0384. The summed E-state index contributed by atoms with van der Waals surface area (Å²) in [7, 11) is 1.66. The van der Waals surface area contributed by atoms with Crippen molar-refractivity contribution in [2.75, 3.05) is 26.7 Å². The van der Waals surface area contributed by atoms with E-state index in [1.807, 2.05) is 6.07 Å². The lowest BCUT2D eigenvalue weighted by atomic mass is 9.88. The molecule has 154 valence electrons. The lowest BCUT2D eigenvalue weighted by Crippen LogP contribution is -2.50. The molecule has 2 fully saturated rings. The second kappa shape index (κ2) is 9.87. The highest BCUT2D eigenvalue weighted by molar-refractivity contribution is 9.11. The second-order valence-electron chi connectivity index (χ2n) is 7.76. The monoisotopic (exact) mass is 469 g/mol. The SMILES string of the molecule is CN(CC(=O)N1CCC(NC(=O)C2CCCCC2)CC1)C(=O)c1ccc(Br)s1. The van der Waals surface area contributed by atoms with Crippen LogP contribution in [0.1, 0.15) is 54.6 Å². The first-order chi connectivity index (χ1) is 13.4. The van der Waals surface area contributed by atoms with E-state index in [1.165, 1.54) is 22.7 Å². The van der Waals surface area contributed by atoms with E-state index in [4.69, 9.17) is 0 Å². The van der Waals surface area contributed by atoms with Crippen LogP contribution in [-0.2, 0) is 9.59 Å². The molecule has 2 heterocycles. The fourth-order valence-electron chi connectivity index (χ4n) is 3.95. The molecule has 1 saturated heterocycles. The van der Waals surface area contributed by atoms with Gasteiger partial charge in [0.1, 0.15) is 0 Å². The van der Waals surface area contributed by atoms with Gasteiger partial charge in [-0.3, -0.25) is 14.4 Å². The number of nitrogens with zero attached hydrogens (tertiary/aromatic N) is 2. The zero-order valence-electron chi connectivity index (χ0n) is 16.3. The fourth-order valence-corrected chi connectivity index (χ4v) is 5.33. The number of hydrogen-bond acceptors (Lipinski definition) is 4. The predicted molar refractivity (Wildman–Crippen MR) is 113 cm³/mol. The number of thiophene rings is 1. The number of carbonyl (C=O) groups excluding carboxylic acids is 3. The number of halogens is 1. The Hall–Kier alpha value is -1.41. The number of likely N-dealkylation sites (N-methyl/N-ethyl adjacent to an activating group) is 1. The first-order valence-corrected chi connectivity index (χ1v) is 11.6. The van der Waals surface area contributed by atoms with E-state index in [0.717, 1.165) is 42.3 Å². The van der Waals surface area contributed by atoms with Crippen molar-refractivity contribution in [1.82, 2.24) is 15.1 Å². The molecule has 0 atom stereocenters. The van der Waals surface area contributed by atoms with Gasteiger partial charge in [0.15, 0.2) is 0 Å². The maximum atomic E-state index is 12.6. The molecule has 28 heavy (non-hydrogen) atoms. The van der Waals surface area contributed by atoms with Gasteiger partial charge in [-0.1, -0.05) is 19.3 Å². The Morgan fingerprint density at radius 1 is 1.14 bits per heavy atom. The van der Waals surface area contributed by atoms with Crippen LogP contribution in [-0.4, -0.2) is 60.2 Å². The number of rotatable bonds is 5. The minimum atomic E-state index is -0.140. The van der Waals surface area contributed by atoms with E-state index in [1.54, 1.807) is 18.0 Å². The molecule has 1 saturated carbocycles. The van der Waals surface area contributed by atoms with Gasteiger partial charge in [-0.25, -0.2) is 0 Å². The quantitative estimate of drug-likeness (QED) is 0.718. The molecule has 1 aliphatic carbocycles. The van der Waals surface area contributed by atoms with Crippen LogP contribution in [0.3, 0.4) is 0 Å². The molecule has 0 radical (unpaired) electrons. The number of likely N-dealkylation sites (tertiary alicyclic amines) is 1. The lowest BCUT2D eigenvalue weighted by Gasteiger charge is -2.34. The van der Waals surface area contributed by atoms with Crippen LogP contribution < -0.4 is 5.32 Å². The molecule has 6 nitrogen and oxygen atoms in total. The number of hydrogen-bond donors (Lipinski definition) is 1. The molecule has 3 amide bonds. The van der Waals surface area contributed by atoms with Crippen molar-refractivity contribution in [3.05, 3.63) is 20.8 Å². The number of amides is 3. The third-order valence-electron chi connectivity index (χ3n) is 5.67. The normalized spacial score (nSPS) is 18.7. The highest BCUT2D eigenvalue weighted by atomic mass is 79.9. The fraction of sp³-hybridized carbons (Fsp3) is 0.650. The van der Waals surface area contributed by atoms with Crippen molar-refractivity contribution in [2.24, 2.45) is 5.92 Å². The van der Waals surface area contributed by atoms with Crippen molar-refractivity contribution in [1.29, 1.82) is 0 Å². The van der Waals surface area contributed by atoms with Gasteiger partial charge in [-0.15, -0.1) is 11.3 Å². The summed E-state index contributed by atoms with van der Waals surface area (Å²) >= 11 is 4.72. The molecular weight excluding hydrogens is 442 g/mol. The first kappa shape index (κ1) is 21.3. The van der Waals surface area contributed by atoms with Gasteiger partial charge in [-0.05, 0) is 53.7 Å². The summed E-state index contributed by atoms with van der Waals surface area (Å²) in [5.41, 5.74) is 0. The van der Waals surface area contributed by atoms with Crippen LogP contribution in [0.4, 0.5) is 0 Å². The van der Waals surface area contributed by atoms with Gasteiger partial charge in [0.05, 0.1) is 15.2 Å². The minimum Gasteiger partial charge on any atom is -0.353 e. The number of piperidine rings is 1.